The summed E-state index contributed by atoms with van der Waals surface area (Å²) in [6.45, 7) is 6.53. The van der Waals surface area contributed by atoms with Crippen molar-refractivity contribution in [1.82, 2.24) is 9.97 Å². The van der Waals surface area contributed by atoms with E-state index < -0.39 is 18.1 Å². The molecule has 1 heterocycles. The van der Waals surface area contributed by atoms with E-state index >= 15 is 0 Å². The van der Waals surface area contributed by atoms with Crippen LogP contribution >= 0.6 is 10.0 Å². The van der Waals surface area contributed by atoms with E-state index in [4.69, 9.17) is 9.97 Å². The van der Waals surface area contributed by atoms with Crippen molar-refractivity contribution in [3.63, 3.8) is 0 Å². The number of hydrogen-bond acceptors (Lipinski definition) is 2. The van der Waals surface area contributed by atoms with E-state index in [0.29, 0.717) is 0 Å². The van der Waals surface area contributed by atoms with Crippen molar-refractivity contribution in [2.45, 2.75) is 40.4 Å². The van der Waals surface area contributed by atoms with E-state index in [9.17, 15) is 0 Å². The second-order valence-electron chi connectivity index (χ2n) is 16.7. The summed E-state index contributed by atoms with van der Waals surface area (Å²) in [4.78, 5) is 16.1. The highest BCUT2D eigenvalue weighted by Gasteiger charge is 2.41. The van der Waals surface area contributed by atoms with Gasteiger partial charge >= 0.3 is 0 Å². The maximum Gasteiger partial charge on any atom is 0.179 e. The molecule has 0 unspecified atom stereocenters. The third-order valence-electron chi connectivity index (χ3n) is 12.6. The van der Waals surface area contributed by atoms with E-state index in [2.05, 4.69) is 269 Å². The Morgan fingerprint density at radius 1 is 0.323 bits per heavy atom. The predicted molar refractivity (Wildman–Crippen MR) is 276 cm³/mol. The standard InChI is InChI=1S/C61H50N2SSi/c1-45-40-46(2)60(47(3)41-45)61-62-58(48-24-22-32-53(42-48)64(50-26-10-4-11-27-50,51-28-12-5-13-29-51)52-30-14-6-15-31-52)44-59(63-61)49-25-23-39-57(43-49)65(54-33-16-7-17-34-54,55-35-18-8-19-36-55)56-37-20-9-21-38-56/h4-44H,1-3H3. The van der Waals surface area contributed by atoms with Crippen molar-refractivity contribution in [2.75, 3.05) is 0 Å². The van der Waals surface area contributed by atoms with E-state index in [1.807, 2.05) is 0 Å². The number of aromatic nitrogens is 2. The number of aryl methyl sites for hydroxylation is 3. The lowest BCUT2D eigenvalue weighted by molar-refractivity contribution is 1.16. The van der Waals surface area contributed by atoms with E-state index in [-0.39, 0.29) is 0 Å². The first-order valence-electron chi connectivity index (χ1n) is 22.3. The Morgan fingerprint density at radius 2 is 0.677 bits per heavy atom. The first kappa shape index (κ1) is 41.6. The molecule has 0 fully saturated rings. The van der Waals surface area contributed by atoms with E-state index in [1.165, 1.54) is 45.9 Å². The Morgan fingerprint density at radius 3 is 1.11 bits per heavy atom. The lowest BCUT2D eigenvalue weighted by atomic mass is 9.98. The maximum atomic E-state index is 5.52. The molecule has 0 radical (unpaired) electrons. The van der Waals surface area contributed by atoms with Gasteiger partial charge in [0.1, 0.15) is 0 Å². The predicted octanol–water partition coefficient (Wildman–Crippen LogP) is 13.1. The Balaban J connectivity index is 1.22. The smallest absolute Gasteiger partial charge is 0.179 e. The van der Waals surface area contributed by atoms with Gasteiger partial charge in [-0.05, 0) is 107 Å². The summed E-state index contributed by atoms with van der Waals surface area (Å²) in [5.74, 6) is 0.730. The molecule has 2 nitrogen and oxygen atoms in total. The fourth-order valence-corrected chi connectivity index (χ4v) is 18.6. The zero-order chi connectivity index (χ0) is 44.2. The summed E-state index contributed by atoms with van der Waals surface area (Å²) < 4.78 is 0. The SMILES string of the molecule is Cc1cc(C)c(-c2nc(-c3cccc([Si](c4ccccc4)(c4ccccc4)c4ccccc4)c3)cc(-c3cccc(S(c4ccccc4)(c4ccccc4)c4ccccc4)c3)n2)c(C)c1. The topological polar surface area (TPSA) is 25.8 Å². The van der Waals surface area contributed by atoms with Gasteiger partial charge in [-0.3, -0.25) is 0 Å². The van der Waals surface area contributed by atoms with Gasteiger partial charge < -0.3 is 0 Å². The molecular formula is C61H50N2SSi. The van der Waals surface area contributed by atoms with Crippen molar-refractivity contribution in [2.24, 2.45) is 0 Å². The zero-order valence-electron chi connectivity index (χ0n) is 37.0. The van der Waals surface area contributed by atoms with Crippen LogP contribution in [-0.2, 0) is 0 Å². The summed E-state index contributed by atoms with van der Waals surface area (Å²) in [7, 11) is -4.73. The molecule has 1 aromatic heterocycles. The highest BCUT2D eigenvalue weighted by atomic mass is 32.3. The van der Waals surface area contributed by atoms with Gasteiger partial charge in [0, 0.05) is 36.3 Å². The monoisotopic (exact) mass is 870 g/mol. The van der Waals surface area contributed by atoms with Gasteiger partial charge in [-0.1, -0.05) is 200 Å². The molecular weight excluding hydrogens is 821 g/mol. The van der Waals surface area contributed by atoms with Crippen LogP contribution in [0, 0.1) is 20.8 Å². The second kappa shape index (κ2) is 18.0. The lowest BCUT2D eigenvalue weighted by Crippen LogP contribution is -2.74. The van der Waals surface area contributed by atoms with Gasteiger partial charge in [-0.25, -0.2) is 9.97 Å². The van der Waals surface area contributed by atoms with Crippen LogP contribution in [0.25, 0.3) is 33.9 Å². The molecule has 0 bridgehead atoms. The first-order chi connectivity index (χ1) is 32.0. The van der Waals surface area contributed by atoms with Crippen LogP contribution in [0.2, 0.25) is 0 Å². The first-order valence-corrected chi connectivity index (χ1v) is 25.9. The average Bonchev–Trinajstić information content (AvgIpc) is 3.36. The quantitative estimate of drug-likeness (QED) is 0.0956. The fraction of sp³-hybridized carbons (Fsp3) is 0.0492. The molecule has 0 aliphatic rings. The largest absolute Gasteiger partial charge is 0.228 e. The minimum Gasteiger partial charge on any atom is -0.228 e. The van der Waals surface area contributed by atoms with Gasteiger partial charge in [0.15, 0.2) is 13.9 Å². The van der Waals surface area contributed by atoms with Gasteiger partial charge in [0.05, 0.1) is 11.4 Å². The molecule has 10 aromatic rings. The minimum atomic E-state index is -2.81. The Labute approximate surface area is 386 Å². The molecule has 314 valence electrons. The molecule has 0 saturated carbocycles. The number of benzene rings is 9. The number of nitrogens with zero attached hydrogens (tertiary/aromatic N) is 2. The van der Waals surface area contributed by atoms with Crippen LogP contribution in [0.4, 0.5) is 0 Å². The van der Waals surface area contributed by atoms with E-state index in [1.54, 1.807) is 0 Å². The van der Waals surface area contributed by atoms with Gasteiger partial charge in [-0.15, -0.1) is 10.0 Å². The van der Waals surface area contributed by atoms with Gasteiger partial charge in [0.2, 0.25) is 0 Å². The average molecular weight is 871 g/mol. The molecule has 65 heavy (non-hydrogen) atoms. The lowest BCUT2D eigenvalue weighted by Gasteiger charge is -2.42. The summed E-state index contributed by atoms with van der Waals surface area (Å²) in [5.41, 5.74) is 8.51. The molecule has 4 heteroatoms. The minimum absolute atomic E-state index is 0.730. The molecule has 0 amide bonds. The Hall–Kier alpha value is -7.37. The highest BCUT2D eigenvalue weighted by molar-refractivity contribution is 8.34. The molecule has 0 spiro atoms. The molecule has 9 aromatic carbocycles. The molecule has 0 aliphatic heterocycles. The Bertz CT molecular complexity index is 2810. The van der Waals surface area contributed by atoms with Crippen molar-refractivity contribution in [3.8, 4) is 33.9 Å². The summed E-state index contributed by atoms with van der Waals surface area (Å²) in [5, 5.41) is 5.31. The van der Waals surface area contributed by atoms with Crippen LogP contribution in [0.3, 0.4) is 0 Å². The van der Waals surface area contributed by atoms with Crippen LogP contribution in [0.1, 0.15) is 16.7 Å². The third-order valence-corrected chi connectivity index (χ3v) is 21.3. The zero-order valence-corrected chi connectivity index (χ0v) is 38.8. The molecule has 0 atom stereocenters. The fourth-order valence-electron chi connectivity index (χ4n) is 9.90. The second-order valence-corrected chi connectivity index (χ2v) is 23.7. The number of hydrogen-bond donors (Lipinski definition) is 0. The molecule has 0 aliphatic carbocycles. The maximum absolute atomic E-state index is 5.52. The van der Waals surface area contributed by atoms with E-state index in [0.717, 1.165) is 45.0 Å². The normalized spacial score (nSPS) is 11.9. The van der Waals surface area contributed by atoms with Crippen LogP contribution < -0.4 is 20.7 Å². The van der Waals surface area contributed by atoms with Crippen molar-refractivity contribution in [3.05, 3.63) is 265 Å². The van der Waals surface area contributed by atoms with Crippen molar-refractivity contribution in [1.29, 1.82) is 0 Å². The van der Waals surface area contributed by atoms with Crippen LogP contribution in [0.15, 0.2) is 268 Å². The van der Waals surface area contributed by atoms with Crippen LogP contribution in [-0.4, -0.2) is 18.0 Å². The Kier molecular flexibility index (Phi) is 11.5. The van der Waals surface area contributed by atoms with Crippen molar-refractivity contribution < 1.29 is 0 Å². The highest BCUT2D eigenvalue weighted by Crippen LogP contribution is 2.73. The third kappa shape index (κ3) is 7.65. The number of rotatable bonds is 11. The molecule has 0 saturated heterocycles. The van der Waals surface area contributed by atoms with Gasteiger partial charge in [0.25, 0.3) is 0 Å². The summed E-state index contributed by atoms with van der Waals surface area (Å²) in [6.07, 6.45) is 0. The van der Waals surface area contributed by atoms with Gasteiger partial charge in [-0.2, -0.15) is 0 Å². The van der Waals surface area contributed by atoms with Crippen LogP contribution in [0.5, 0.6) is 0 Å². The van der Waals surface area contributed by atoms with Crippen molar-refractivity contribution >= 4 is 38.8 Å². The molecule has 10 rings (SSSR count). The summed E-state index contributed by atoms with van der Waals surface area (Å²) in [6, 6.07) is 91.5. The summed E-state index contributed by atoms with van der Waals surface area (Å²) >= 11 is 0. The molecule has 0 N–H and O–H groups in total.